The van der Waals surface area contributed by atoms with Crippen molar-refractivity contribution in [3.8, 4) is 0 Å². The van der Waals surface area contributed by atoms with Crippen molar-refractivity contribution >= 4 is 39.2 Å². The first-order valence-electron chi connectivity index (χ1n) is 4.90. The van der Waals surface area contributed by atoms with Gasteiger partial charge in [-0.25, -0.2) is 8.78 Å². The summed E-state index contributed by atoms with van der Waals surface area (Å²) >= 11 is 8.56. The number of nitrogens with zero attached hydrogens (tertiary/aromatic N) is 2. The molecule has 0 aliphatic carbocycles. The van der Waals surface area contributed by atoms with Crippen molar-refractivity contribution in [1.29, 1.82) is 0 Å². The number of aromatic nitrogens is 2. The number of benzene rings is 1. The van der Waals surface area contributed by atoms with E-state index in [1.54, 1.807) is 0 Å². The van der Waals surface area contributed by atoms with Gasteiger partial charge in [-0.1, -0.05) is 5.10 Å². The molecule has 4 nitrogen and oxygen atoms in total. The molecule has 1 aromatic heterocycles. The van der Waals surface area contributed by atoms with E-state index in [-0.39, 0.29) is 16.2 Å². The quantitative estimate of drug-likeness (QED) is 0.865. The summed E-state index contributed by atoms with van der Waals surface area (Å²) in [5, 5.41) is 9.95. The second-order valence-electron chi connectivity index (χ2n) is 3.31. The van der Waals surface area contributed by atoms with Gasteiger partial charge in [-0.3, -0.25) is 0 Å². The molecule has 1 N–H and O–H groups in total. The third kappa shape index (κ3) is 2.97. The molecule has 0 atom stereocenters. The molecule has 2 rings (SSSR count). The van der Waals surface area contributed by atoms with Gasteiger partial charge in [0.05, 0.1) is 5.69 Å². The predicted octanol–water partition coefficient (Wildman–Crippen LogP) is 3.64. The molecule has 0 radical (unpaired) electrons. The molecular weight excluding hydrogens is 331 g/mol. The van der Waals surface area contributed by atoms with Crippen LogP contribution in [0.25, 0.3) is 0 Å². The molecule has 0 saturated heterocycles. The molecular formula is C10H7BrClF2N3O. The Morgan fingerprint density at radius 3 is 2.78 bits per heavy atom. The third-order valence-electron chi connectivity index (χ3n) is 2.01. The summed E-state index contributed by atoms with van der Waals surface area (Å²) in [7, 11) is 0. The third-order valence-corrected chi connectivity index (χ3v) is 2.83. The average molecular weight is 339 g/mol. The average Bonchev–Trinajstić information content (AvgIpc) is 2.72. The molecule has 2 aromatic rings. The molecule has 0 aliphatic heterocycles. The molecule has 0 spiro atoms. The number of anilines is 2. The lowest BCUT2D eigenvalue weighted by Crippen LogP contribution is -1.96. The van der Waals surface area contributed by atoms with Crippen LogP contribution < -0.4 is 5.32 Å². The molecule has 96 valence electrons. The van der Waals surface area contributed by atoms with E-state index >= 15 is 0 Å². The van der Waals surface area contributed by atoms with E-state index in [1.165, 1.54) is 0 Å². The van der Waals surface area contributed by atoms with E-state index in [1.807, 2.05) is 0 Å². The van der Waals surface area contributed by atoms with E-state index in [4.69, 9.17) is 16.0 Å². The lowest BCUT2D eigenvalue weighted by molar-refractivity contribution is 0.515. The van der Waals surface area contributed by atoms with Crippen molar-refractivity contribution < 1.29 is 13.2 Å². The molecule has 0 saturated carbocycles. The van der Waals surface area contributed by atoms with Crippen molar-refractivity contribution in [3.63, 3.8) is 0 Å². The molecule has 1 aromatic carbocycles. The van der Waals surface area contributed by atoms with Gasteiger partial charge < -0.3 is 9.73 Å². The van der Waals surface area contributed by atoms with Gasteiger partial charge in [0.1, 0.15) is 5.82 Å². The van der Waals surface area contributed by atoms with Crippen molar-refractivity contribution in [2.24, 2.45) is 0 Å². The smallest absolute Gasteiger partial charge is 0.320 e. The van der Waals surface area contributed by atoms with Crippen LogP contribution in [-0.2, 0) is 6.42 Å². The summed E-state index contributed by atoms with van der Waals surface area (Å²) in [5.74, 6) is -0.764. The zero-order valence-corrected chi connectivity index (χ0v) is 11.2. The molecule has 0 bridgehead atoms. The van der Waals surface area contributed by atoms with Crippen LogP contribution in [0.4, 0.5) is 20.5 Å². The zero-order valence-electron chi connectivity index (χ0n) is 8.88. The molecule has 0 unspecified atom stereocenters. The Hall–Kier alpha value is -1.21. The summed E-state index contributed by atoms with van der Waals surface area (Å²) in [6.07, 6.45) is 0.420. The molecule has 8 heteroatoms. The summed E-state index contributed by atoms with van der Waals surface area (Å²) in [6.45, 7) is 0. The molecule has 1 heterocycles. The number of hydrogen-bond donors (Lipinski definition) is 1. The minimum Gasteiger partial charge on any atom is -0.408 e. The fourth-order valence-corrected chi connectivity index (χ4v) is 1.92. The van der Waals surface area contributed by atoms with E-state index in [9.17, 15) is 8.78 Å². The Labute approximate surface area is 114 Å². The van der Waals surface area contributed by atoms with Gasteiger partial charge in [-0.05, 0) is 22.0 Å². The highest BCUT2D eigenvalue weighted by Gasteiger charge is 2.13. The Bertz CT molecular complexity index is 541. The highest BCUT2D eigenvalue weighted by Crippen LogP contribution is 2.29. The number of aryl methyl sites for hydroxylation is 1. The standard InChI is InChI=1S/C10H7BrClF2N3O/c11-6-3-5(13)4-7(14)9(6)15-10-17-16-8(18-10)1-2-12/h3-4H,1-2H2,(H,15,17). The van der Waals surface area contributed by atoms with Gasteiger partial charge in [0.2, 0.25) is 5.89 Å². The zero-order chi connectivity index (χ0) is 13.1. The minimum atomic E-state index is -0.765. The fourth-order valence-electron chi connectivity index (χ4n) is 1.25. The Morgan fingerprint density at radius 1 is 1.33 bits per heavy atom. The number of rotatable bonds is 4. The maximum atomic E-state index is 13.5. The normalized spacial score (nSPS) is 10.7. The monoisotopic (exact) mass is 337 g/mol. The minimum absolute atomic E-state index is 0.0151. The van der Waals surface area contributed by atoms with Crippen molar-refractivity contribution in [3.05, 3.63) is 34.1 Å². The highest BCUT2D eigenvalue weighted by molar-refractivity contribution is 9.10. The van der Waals surface area contributed by atoms with Gasteiger partial charge >= 0.3 is 6.01 Å². The van der Waals surface area contributed by atoms with Gasteiger partial charge in [0.25, 0.3) is 0 Å². The Balaban J connectivity index is 2.22. The summed E-state index contributed by atoms with van der Waals surface area (Å²) in [5.41, 5.74) is 0.0254. The van der Waals surface area contributed by atoms with Gasteiger partial charge in [0.15, 0.2) is 5.82 Å². The van der Waals surface area contributed by atoms with Crippen molar-refractivity contribution in [2.75, 3.05) is 11.2 Å². The number of alkyl halides is 1. The topological polar surface area (TPSA) is 51.0 Å². The lowest BCUT2D eigenvalue weighted by atomic mass is 10.3. The van der Waals surface area contributed by atoms with E-state index in [2.05, 4.69) is 31.4 Å². The number of halogens is 4. The molecule has 0 amide bonds. The van der Waals surface area contributed by atoms with Crippen LogP contribution in [0.15, 0.2) is 21.0 Å². The predicted molar refractivity (Wildman–Crippen MR) is 66.1 cm³/mol. The second kappa shape index (κ2) is 5.62. The lowest BCUT2D eigenvalue weighted by Gasteiger charge is -2.05. The van der Waals surface area contributed by atoms with E-state index < -0.39 is 11.6 Å². The van der Waals surface area contributed by atoms with Crippen LogP contribution in [0.5, 0.6) is 0 Å². The first-order chi connectivity index (χ1) is 8.60. The first-order valence-corrected chi connectivity index (χ1v) is 6.23. The van der Waals surface area contributed by atoms with Crippen LogP contribution in [-0.4, -0.2) is 16.1 Å². The molecule has 0 fully saturated rings. The summed E-state index contributed by atoms with van der Waals surface area (Å²) in [6, 6.07) is 1.89. The van der Waals surface area contributed by atoms with Crippen molar-refractivity contribution in [1.82, 2.24) is 10.2 Å². The first kappa shape index (κ1) is 13.2. The maximum absolute atomic E-state index is 13.5. The number of nitrogens with one attached hydrogen (secondary N) is 1. The molecule has 0 aliphatic rings. The molecule has 18 heavy (non-hydrogen) atoms. The second-order valence-corrected chi connectivity index (χ2v) is 4.54. The Morgan fingerprint density at radius 2 is 2.11 bits per heavy atom. The summed E-state index contributed by atoms with van der Waals surface area (Å²) in [4.78, 5) is 0. The fraction of sp³-hybridized carbons (Fsp3) is 0.200. The van der Waals surface area contributed by atoms with Gasteiger partial charge in [-0.15, -0.1) is 16.7 Å². The van der Waals surface area contributed by atoms with E-state index in [0.717, 1.165) is 12.1 Å². The van der Waals surface area contributed by atoms with Crippen LogP contribution in [0, 0.1) is 11.6 Å². The van der Waals surface area contributed by atoms with Crippen LogP contribution in [0.2, 0.25) is 0 Å². The van der Waals surface area contributed by atoms with Gasteiger partial charge in [-0.2, -0.15) is 0 Å². The maximum Gasteiger partial charge on any atom is 0.320 e. The highest BCUT2D eigenvalue weighted by atomic mass is 79.9. The van der Waals surface area contributed by atoms with Gasteiger partial charge in [0, 0.05) is 22.8 Å². The largest absolute Gasteiger partial charge is 0.408 e. The number of hydrogen-bond acceptors (Lipinski definition) is 4. The van der Waals surface area contributed by atoms with Crippen LogP contribution in [0.1, 0.15) is 5.89 Å². The van der Waals surface area contributed by atoms with Crippen LogP contribution >= 0.6 is 27.5 Å². The SMILES string of the molecule is Fc1cc(F)c(Nc2nnc(CCCl)o2)c(Br)c1. The summed E-state index contributed by atoms with van der Waals surface area (Å²) < 4.78 is 31.8. The Kier molecular flexibility index (Phi) is 4.13. The van der Waals surface area contributed by atoms with E-state index in [0.29, 0.717) is 18.2 Å². The van der Waals surface area contributed by atoms with Crippen molar-refractivity contribution in [2.45, 2.75) is 6.42 Å². The van der Waals surface area contributed by atoms with Crippen LogP contribution in [0.3, 0.4) is 0 Å².